The van der Waals surface area contributed by atoms with Crippen molar-refractivity contribution in [3.63, 3.8) is 0 Å². The number of nitrogens with zero attached hydrogens (tertiary/aromatic N) is 4. The van der Waals surface area contributed by atoms with Gasteiger partial charge in [0.05, 0.1) is 24.3 Å². The summed E-state index contributed by atoms with van der Waals surface area (Å²) in [6.45, 7) is 0.768. The van der Waals surface area contributed by atoms with Gasteiger partial charge in [-0.05, 0) is 25.2 Å². The number of aromatic nitrogens is 3. The molecule has 0 saturated heterocycles. The Kier molecular flexibility index (Phi) is 5.44. The monoisotopic (exact) mass is 412 g/mol. The van der Waals surface area contributed by atoms with Crippen LogP contribution in [-0.4, -0.2) is 32.1 Å². The molecule has 0 bridgehead atoms. The highest BCUT2D eigenvalue weighted by Crippen LogP contribution is 2.36. The number of alkyl halides is 3. The Morgan fingerprint density at radius 3 is 2.71 bits per heavy atom. The Morgan fingerprint density at radius 2 is 2.04 bits per heavy atom. The number of rotatable bonds is 4. The molecule has 0 radical (unpaired) electrons. The van der Waals surface area contributed by atoms with Crippen molar-refractivity contribution in [2.75, 3.05) is 6.54 Å². The molecule has 28 heavy (non-hydrogen) atoms. The van der Waals surface area contributed by atoms with Crippen molar-refractivity contribution < 1.29 is 18.0 Å². The first kappa shape index (κ1) is 19.4. The Balaban J connectivity index is 1.55. The zero-order valence-electron chi connectivity index (χ0n) is 15.5. The van der Waals surface area contributed by atoms with E-state index >= 15 is 0 Å². The highest BCUT2D eigenvalue weighted by atomic mass is 32.1. The minimum atomic E-state index is -4.49. The maximum absolute atomic E-state index is 13.5. The topological polar surface area (TPSA) is 51.0 Å². The van der Waals surface area contributed by atoms with E-state index < -0.39 is 11.9 Å². The molecule has 0 unspecified atom stereocenters. The fourth-order valence-electron chi connectivity index (χ4n) is 4.29. The molecule has 1 aliphatic heterocycles. The molecule has 2 aliphatic rings. The summed E-state index contributed by atoms with van der Waals surface area (Å²) >= 11 is 1.38. The second-order valence-electron chi connectivity index (χ2n) is 7.67. The van der Waals surface area contributed by atoms with Crippen molar-refractivity contribution in [3.05, 3.63) is 33.5 Å². The Labute approximate surface area is 165 Å². The first-order valence-electron chi connectivity index (χ1n) is 9.72. The Hall–Kier alpha value is -1.90. The van der Waals surface area contributed by atoms with Crippen LogP contribution in [0.3, 0.4) is 0 Å². The lowest BCUT2D eigenvalue weighted by Gasteiger charge is -2.30. The first-order chi connectivity index (χ1) is 13.4. The van der Waals surface area contributed by atoms with Gasteiger partial charge >= 0.3 is 6.18 Å². The van der Waals surface area contributed by atoms with Gasteiger partial charge in [0.25, 0.3) is 0 Å². The molecule has 4 rings (SSSR count). The molecule has 5 nitrogen and oxygen atoms in total. The van der Waals surface area contributed by atoms with Crippen LogP contribution in [0.15, 0.2) is 11.7 Å². The standard InChI is InChI=1S/C19H23F3N4OS/c20-19(21,22)18-15-6-7-25(17(27)8-13-4-2-1-3-5-13)11-16(15)26(24-18)10-14-9-23-12-28-14/h9,12-13H,1-8,10-11H2. The fourth-order valence-corrected chi connectivity index (χ4v) is 4.86. The van der Waals surface area contributed by atoms with Crippen molar-refractivity contribution in [1.82, 2.24) is 19.7 Å². The van der Waals surface area contributed by atoms with Gasteiger partial charge in [-0.3, -0.25) is 14.5 Å². The van der Waals surface area contributed by atoms with Crippen LogP contribution in [0.25, 0.3) is 0 Å². The van der Waals surface area contributed by atoms with E-state index in [4.69, 9.17) is 0 Å². The van der Waals surface area contributed by atoms with Crippen LogP contribution in [0.2, 0.25) is 0 Å². The Bertz CT molecular complexity index is 825. The lowest BCUT2D eigenvalue weighted by molar-refractivity contribution is -0.142. The summed E-state index contributed by atoms with van der Waals surface area (Å²) in [6.07, 6.45) is 3.57. The van der Waals surface area contributed by atoms with E-state index in [0.717, 1.165) is 17.7 Å². The molecule has 0 atom stereocenters. The number of hydrogen-bond donors (Lipinski definition) is 0. The average Bonchev–Trinajstić information content (AvgIpc) is 3.30. The molecule has 2 aromatic rings. The van der Waals surface area contributed by atoms with Crippen LogP contribution in [-0.2, 0) is 30.5 Å². The van der Waals surface area contributed by atoms with E-state index in [2.05, 4.69) is 10.1 Å². The van der Waals surface area contributed by atoms with E-state index in [9.17, 15) is 18.0 Å². The zero-order valence-corrected chi connectivity index (χ0v) is 16.4. The highest BCUT2D eigenvalue weighted by molar-refractivity contribution is 7.09. The van der Waals surface area contributed by atoms with Gasteiger partial charge in [0.1, 0.15) is 0 Å². The summed E-state index contributed by atoms with van der Waals surface area (Å²) in [5.74, 6) is 0.465. The van der Waals surface area contributed by atoms with Gasteiger partial charge in [0.15, 0.2) is 5.69 Å². The van der Waals surface area contributed by atoms with E-state index in [0.29, 0.717) is 24.6 Å². The van der Waals surface area contributed by atoms with Gasteiger partial charge in [-0.15, -0.1) is 11.3 Å². The lowest BCUT2D eigenvalue weighted by atomic mass is 9.86. The van der Waals surface area contributed by atoms with Gasteiger partial charge in [-0.1, -0.05) is 19.3 Å². The third kappa shape index (κ3) is 4.09. The second kappa shape index (κ2) is 7.85. The maximum Gasteiger partial charge on any atom is 0.435 e. The summed E-state index contributed by atoms with van der Waals surface area (Å²) in [5, 5.41) is 3.88. The van der Waals surface area contributed by atoms with E-state index in [-0.39, 0.29) is 31.0 Å². The quantitative estimate of drug-likeness (QED) is 0.754. The normalized spacial score (nSPS) is 18.3. The number of halogens is 3. The summed E-state index contributed by atoms with van der Waals surface area (Å²) in [7, 11) is 0. The van der Waals surface area contributed by atoms with Crippen molar-refractivity contribution in [3.8, 4) is 0 Å². The summed E-state index contributed by atoms with van der Waals surface area (Å²) in [6, 6.07) is 0. The minimum Gasteiger partial charge on any atom is -0.336 e. The predicted molar refractivity (Wildman–Crippen MR) is 98.8 cm³/mol. The molecule has 1 fully saturated rings. The number of fused-ring (bicyclic) bond motifs is 1. The molecule has 0 N–H and O–H groups in total. The van der Waals surface area contributed by atoms with Crippen LogP contribution in [0.4, 0.5) is 13.2 Å². The van der Waals surface area contributed by atoms with Gasteiger partial charge < -0.3 is 4.90 Å². The summed E-state index contributed by atoms with van der Waals surface area (Å²) < 4.78 is 41.8. The van der Waals surface area contributed by atoms with Crippen LogP contribution in [0.1, 0.15) is 60.4 Å². The van der Waals surface area contributed by atoms with Crippen LogP contribution < -0.4 is 0 Å². The minimum absolute atomic E-state index is 0.0525. The summed E-state index contributed by atoms with van der Waals surface area (Å²) in [4.78, 5) is 19.3. The van der Waals surface area contributed by atoms with Crippen LogP contribution in [0.5, 0.6) is 0 Å². The molecule has 0 aromatic carbocycles. The third-order valence-electron chi connectivity index (χ3n) is 5.74. The molecule has 2 aromatic heterocycles. The van der Waals surface area contributed by atoms with E-state index in [1.54, 1.807) is 16.6 Å². The molecular formula is C19H23F3N4OS. The molecule has 0 spiro atoms. The number of thiazole rings is 1. The molecular weight excluding hydrogens is 389 g/mol. The highest BCUT2D eigenvalue weighted by Gasteiger charge is 2.41. The molecule has 1 amide bonds. The number of amides is 1. The number of carbonyl (C=O) groups excluding carboxylic acids is 1. The van der Waals surface area contributed by atoms with Crippen molar-refractivity contribution in [2.24, 2.45) is 5.92 Å². The molecule has 3 heterocycles. The van der Waals surface area contributed by atoms with Gasteiger partial charge in [0.2, 0.25) is 5.91 Å². The average molecular weight is 412 g/mol. The van der Waals surface area contributed by atoms with Crippen molar-refractivity contribution in [2.45, 2.75) is 64.2 Å². The van der Waals surface area contributed by atoms with Gasteiger partial charge in [0, 0.05) is 29.6 Å². The second-order valence-corrected chi connectivity index (χ2v) is 8.64. The first-order valence-corrected chi connectivity index (χ1v) is 10.6. The van der Waals surface area contributed by atoms with E-state index in [1.807, 2.05) is 0 Å². The van der Waals surface area contributed by atoms with Crippen LogP contribution >= 0.6 is 11.3 Å². The maximum atomic E-state index is 13.5. The lowest BCUT2D eigenvalue weighted by Crippen LogP contribution is -2.38. The van der Waals surface area contributed by atoms with E-state index in [1.165, 1.54) is 35.3 Å². The van der Waals surface area contributed by atoms with Crippen molar-refractivity contribution >= 4 is 17.2 Å². The van der Waals surface area contributed by atoms with Gasteiger partial charge in [-0.2, -0.15) is 18.3 Å². The predicted octanol–water partition coefficient (Wildman–Crippen LogP) is 4.26. The summed E-state index contributed by atoms with van der Waals surface area (Å²) in [5.41, 5.74) is 1.57. The molecule has 1 saturated carbocycles. The zero-order chi connectivity index (χ0) is 19.7. The Morgan fingerprint density at radius 1 is 1.25 bits per heavy atom. The third-order valence-corrected chi connectivity index (χ3v) is 6.50. The molecule has 9 heteroatoms. The fraction of sp³-hybridized carbons (Fsp3) is 0.632. The number of hydrogen-bond acceptors (Lipinski definition) is 4. The smallest absolute Gasteiger partial charge is 0.336 e. The number of carbonyl (C=O) groups is 1. The molecule has 1 aliphatic carbocycles. The van der Waals surface area contributed by atoms with Crippen molar-refractivity contribution in [1.29, 1.82) is 0 Å². The van der Waals surface area contributed by atoms with Crippen LogP contribution in [0, 0.1) is 5.92 Å². The largest absolute Gasteiger partial charge is 0.435 e. The SMILES string of the molecule is O=C(CC1CCCCC1)N1CCc2c(C(F)(F)F)nn(Cc3cncs3)c2C1. The van der Waals surface area contributed by atoms with Gasteiger partial charge in [-0.25, -0.2) is 0 Å². The molecule has 152 valence electrons.